The number of ether oxygens (including phenoxy) is 1. The highest BCUT2D eigenvalue weighted by Gasteiger charge is 2.29. The zero-order chi connectivity index (χ0) is 13.1. The van der Waals surface area contributed by atoms with Crippen LogP contribution in [0.4, 0.5) is 0 Å². The fourth-order valence-corrected chi connectivity index (χ4v) is 1.11. The van der Waals surface area contributed by atoms with E-state index in [1.54, 1.807) is 6.92 Å². The second-order valence-electron chi connectivity index (χ2n) is 3.39. The molecule has 0 aliphatic heterocycles. The molecule has 0 heterocycles. The lowest BCUT2D eigenvalue weighted by molar-refractivity contribution is -0.140. The number of aliphatic hydroxyl groups excluding tert-OH is 1. The maximum atomic E-state index is 11.2. The SMILES string of the molecule is CCCCCC#CC(O)C(=[N+]=[N-])C(=O)OCC. The molecule has 0 spiro atoms. The third kappa shape index (κ3) is 6.52. The van der Waals surface area contributed by atoms with Crippen LogP contribution in [0.2, 0.25) is 0 Å². The molecule has 1 unspecified atom stereocenters. The number of unbranched alkanes of at least 4 members (excludes halogenated alkanes) is 3. The predicted molar refractivity (Wildman–Crippen MR) is 63.2 cm³/mol. The Balaban J connectivity index is 4.31. The molecule has 1 atom stereocenters. The molecule has 0 aromatic heterocycles. The number of hydrogen-bond acceptors (Lipinski definition) is 3. The summed E-state index contributed by atoms with van der Waals surface area (Å²) in [6.45, 7) is 3.85. The summed E-state index contributed by atoms with van der Waals surface area (Å²) in [5.41, 5.74) is 8.12. The lowest BCUT2D eigenvalue weighted by Crippen LogP contribution is -2.30. The van der Waals surface area contributed by atoms with Crippen molar-refractivity contribution in [2.24, 2.45) is 0 Å². The van der Waals surface area contributed by atoms with Gasteiger partial charge in [-0.2, -0.15) is 4.79 Å². The van der Waals surface area contributed by atoms with Crippen molar-refractivity contribution in [3.05, 3.63) is 5.53 Å². The van der Waals surface area contributed by atoms with Gasteiger partial charge in [-0.15, -0.1) is 0 Å². The Morgan fingerprint density at radius 2 is 2.18 bits per heavy atom. The van der Waals surface area contributed by atoms with Crippen molar-refractivity contribution in [3.8, 4) is 11.8 Å². The van der Waals surface area contributed by atoms with Crippen molar-refractivity contribution in [2.45, 2.75) is 45.6 Å². The maximum absolute atomic E-state index is 11.2. The summed E-state index contributed by atoms with van der Waals surface area (Å²) in [6.07, 6.45) is 2.36. The molecule has 0 amide bonds. The minimum atomic E-state index is -1.40. The van der Waals surface area contributed by atoms with Gasteiger partial charge in [-0.3, -0.25) is 0 Å². The van der Waals surface area contributed by atoms with E-state index in [9.17, 15) is 9.90 Å². The van der Waals surface area contributed by atoms with Crippen LogP contribution in [0.5, 0.6) is 0 Å². The standard InChI is InChI=1S/C12H18N2O3/c1-3-5-6-7-8-9-10(15)11(14-13)12(16)17-4-2/h10,15H,3-7H2,1-2H3. The van der Waals surface area contributed by atoms with Gasteiger partial charge < -0.3 is 15.4 Å². The molecular weight excluding hydrogens is 220 g/mol. The van der Waals surface area contributed by atoms with E-state index in [0.717, 1.165) is 19.3 Å². The van der Waals surface area contributed by atoms with Crippen LogP contribution in [0, 0.1) is 11.8 Å². The van der Waals surface area contributed by atoms with Crippen LogP contribution in [0.25, 0.3) is 5.53 Å². The zero-order valence-corrected chi connectivity index (χ0v) is 10.3. The van der Waals surface area contributed by atoms with Crippen LogP contribution in [-0.4, -0.2) is 34.3 Å². The predicted octanol–water partition coefficient (Wildman–Crippen LogP) is 1.16. The third-order valence-electron chi connectivity index (χ3n) is 2.00. The molecule has 0 bridgehead atoms. The summed E-state index contributed by atoms with van der Waals surface area (Å²) in [5.74, 6) is 4.32. The zero-order valence-electron chi connectivity index (χ0n) is 10.3. The molecule has 0 saturated carbocycles. The smallest absolute Gasteiger partial charge is 0.421 e. The summed E-state index contributed by atoms with van der Waals surface area (Å²) < 4.78 is 4.60. The van der Waals surface area contributed by atoms with Crippen LogP contribution in [0.1, 0.15) is 39.5 Å². The molecule has 5 nitrogen and oxygen atoms in total. The Morgan fingerprint density at radius 1 is 1.47 bits per heavy atom. The quantitative estimate of drug-likeness (QED) is 0.188. The summed E-state index contributed by atoms with van der Waals surface area (Å²) in [6, 6.07) is 0. The van der Waals surface area contributed by atoms with Crippen LogP contribution in [0.15, 0.2) is 0 Å². The first-order valence-corrected chi connectivity index (χ1v) is 5.72. The van der Waals surface area contributed by atoms with Gasteiger partial charge in [-0.1, -0.05) is 31.6 Å². The molecule has 0 rings (SSSR count). The van der Waals surface area contributed by atoms with Gasteiger partial charge in [0.05, 0.1) is 6.61 Å². The molecule has 5 heteroatoms. The number of carbonyl (C=O) groups is 1. The lowest BCUT2D eigenvalue weighted by Gasteiger charge is -1.98. The number of nitrogens with zero attached hydrogens (tertiary/aromatic N) is 2. The molecule has 0 aliphatic carbocycles. The highest BCUT2D eigenvalue weighted by Crippen LogP contribution is 1.97. The average Bonchev–Trinajstić information content (AvgIpc) is 2.30. The van der Waals surface area contributed by atoms with E-state index in [0.29, 0.717) is 6.42 Å². The molecular formula is C12H18N2O3. The van der Waals surface area contributed by atoms with Crippen LogP contribution in [0.3, 0.4) is 0 Å². The molecule has 0 fully saturated rings. The highest BCUT2D eigenvalue weighted by atomic mass is 16.5. The van der Waals surface area contributed by atoms with Crippen molar-refractivity contribution in [2.75, 3.05) is 6.61 Å². The molecule has 1 N–H and O–H groups in total. The highest BCUT2D eigenvalue weighted by molar-refractivity contribution is 6.36. The summed E-state index contributed by atoms with van der Waals surface area (Å²) in [7, 11) is 0. The van der Waals surface area contributed by atoms with Crippen molar-refractivity contribution in [1.29, 1.82) is 0 Å². The van der Waals surface area contributed by atoms with Crippen LogP contribution >= 0.6 is 0 Å². The first-order valence-electron chi connectivity index (χ1n) is 5.72. The van der Waals surface area contributed by atoms with E-state index >= 15 is 0 Å². The number of carbonyl (C=O) groups excluding carboxylic acids is 1. The van der Waals surface area contributed by atoms with Crippen molar-refractivity contribution in [1.82, 2.24) is 0 Å². The molecule has 0 aliphatic rings. The van der Waals surface area contributed by atoms with E-state index in [4.69, 9.17) is 5.53 Å². The minimum Gasteiger partial charge on any atom is -0.457 e. The fraction of sp³-hybridized carbons (Fsp3) is 0.667. The fourth-order valence-electron chi connectivity index (χ4n) is 1.11. The molecule has 0 aromatic rings. The molecule has 0 aromatic carbocycles. The van der Waals surface area contributed by atoms with E-state index in [-0.39, 0.29) is 6.61 Å². The van der Waals surface area contributed by atoms with Gasteiger partial charge in [-0.05, 0) is 13.3 Å². The van der Waals surface area contributed by atoms with Gasteiger partial charge in [0.15, 0.2) is 0 Å². The lowest BCUT2D eigenvalue weighted by atomic mass is 10.2. The van der Waals surface area contributed by atoms with Gasteiger partial charge >= 0.3 is 11.7 Å². The Bertz CT molecular complexity index is 348. The number of esters is 1. The van der Waals surface area contributed by atoms with E-state index in [2.05, 4.69) is 28.3 Å². The van der Waals surface area contributed by atoms with Gasteiger partial charge in [0, 0.05) is 6.42 Å². The molecule has 0 saturated heterocycles. The third-order valence-corrected chi connectivity index (χ3v) is 2.00. The summed E-state index contributed by atoms with van der Waals surface area (Å²) in [5, 5.41) is 9.50. The number of aliphatic hydroxyl groups is 1. The van der Waals surface area contributed by atoms with Crippen LogP contribution in [-0.2, 0) is 9.53 Å². The van der Waals surface area contributed by atoms with Gasteiger partial charge in [0.25, 0.3) is 0 Å². The topological polar surface area (TPSA) is 82.9 Å². The second kappa shape index (κ2) is 9.59. The van der Waals surface area contributed by atoms with Crippen LogP contribution < -0.4 is 0 Å². The largest absolute Gasteiger partial charge is 0.457 e. The van der Waals surface area contributed by atoms with Crippen molar-refractivity contribution < 1.29 is 19.4 Å². The van der Waals surface area contributed by atoms with Crippen molar-refractivity contribution in [3.63, 3.8) is 0 Å². The van der Waals surface area contributed by atoms with Gasteiger partial charge in [0.1, 0.15) is 0 Å². The molecule has 94 valence electrons. The molecule has 17 heavy (non-hydrogen) atoms. The monoisotopic (exact) mass is 238 g/mol. The average molecular weight is 238 g/mol. The normalized spacial score (nSPS) is 10.8. The van der Waals surface area contributed by atoms with Gasteiger partial charge in [-0.25, -0.2) is 4.79 Å². The first kappa shape index (κ1) is 15.4. The second-order valence-corrected chi connectivity index (χ2v) is 3.39. The van der Waals surface area contributed by atoms with E-state index in [1.165, 1.54) is 0 Å². The maximum Gasteiger partial charge on any atom is 0.421 e. The van der Waals surface area contributed by atoms with Gasteiger partial charge in [0.2, 0.25) is 6.10 Å². The Morgan fingerprint density at radius 3 is 2.71 bits per heavy atom. The summed E-state index contributed by atoms with van der Waals surface area (Å²) in [4.78, 5) is 13.9. The molecule has 0 radical (unpaired) electrons. The first-order chi connectivity index (χ1) is 8.17. The Labute approximate surface area is 101 Å². The van der Waals surface area contributed by atoms with E-state index in [1.807, 2.05) is 0 Å². The Kier molecular flexibility index (Phi) is 8.67. The Hall–Kier alpha value is -1.63. The number of hydrogen-bond donors (Lipinski definition) is 1. The summed E-state index contributed by atoms with van der Waals surface area (Å²) >= 11 is 0. The van der Waals surface area contributed by atoms with E-state index < -0.39 is 17.8 Å². The van der Waals surface area contributed by atoms with Crippen molar-refractivity contribution >= 4 is 11.7 Å². The number of rotatable bonds is 6. The minimum absolute atomic E-state index is 0.147.